The molecule has 0 aromatic carbocycles. The fourth-order valence-electron chi connectivity index (χ4n) is 1.87. The number of thioether (sulfide) groups is 1. The number of hydrogen-bond acceptors (Lipinski definition) is 3. The lowest BCUT2D eigenvalue weighted by atomic mass is 10.1. The van der Waals surface area contributed by atoms with Crippen LogP contribution in [-0.4, -0.2) is 23.6 Å². The molecular formula is C13H21NOS. The van der Waals surface area contributed by atoms with Crippen molar-refractivity contribution in [2.45, 2.75) is 43.4 Å². The molecule has 1 aromatic rings. The summed E-state index contributed by atoms with van der Waals surface area (Å²) in [6.07, 6.45) is 8.92. The lowest BCUT2D eigenvalue weighted by Gasteiger charge is -2.18. The van der Waals surface area contributed by atoms with E-state index >= 15 is 0 Å². The van der Waals surface area contributed by atoms with E-state index in [1.165, 1.54) is 12.8 Å². The van der Waals surface area contributed by atoms with Gasteiger partial charge in [0.05, 0.1) is 6.26 Å². The van der Waals surface area contributed by atoms with Crippen LogP contribution in [0.25, 0.3) is 0 Å². The molecule has 2 rings (SSSR count). The van der Waals surface area contributed by atoms with Gasteiger partial charge in [-0.1, -0.05) is 0 Å². The van der Waals surface area contributed by atoms with Gasteiger partial charge < -0.3 is 9.73 Å². The van der Waals surface area contributed by atoms with Crippen LogP contribution < -0.4 is 5.32 Å². The molecule has 1 N–H and O–H groups in total. The van der Waals surface area contributed by atoms with E-state index in [2.05, 4.69) is 24.6 Å². The molecule has 1 atom stereocenters. The highest BCUT2D eigenvalue weighted by Crippen LogP contribution is 2.46. The van der Waals surface area contributed by atoms with Crippen LogP contribution in [-0.2, 0) is 6.42 Å². The van der Waals surface area contributed by atoms with Gasteiger partial charge in [0.15, 0.2) is 0 Å². The number of rotatable bonds is 7. The van der Waals surface area contributed by atoms with Crippen molar-refractivity contribution in [1.29, 1.82) is 0 Å². The lowest BCUT2D eigenvalue weighted by Crippen LogP contribution is -2.33. The minimum atomic E-state index is 0.568. The fourth-order valence-corrected chi connectivity index (χ4v) is 2.61. The van der Waals surface area contributed by atoms with Gasteiger partial charge in [-0.05, 0) is 44.6 Å². The Bertz CT molecular complexity index is 306. The molecular weight excluding hydrogens is 218 g/mol. The molecule has 1 fully saturated rings. The molecule has 3 heteroatoms. The second-order valence-electron chi connectivity index (χ2n) is 4.79. The van der Waals surface area contributed by atoms with Crippen LogP contribution in [0.3, 0.4) is 0 Å². The van der Waals surface area contributed by atoms with Crippen LogP contribution in [0, 0.1) is 0 Å². The van der Waals surface area contributed by atoms with Crippen molar-refractivity contribution >= 4 is 11.8 Å². The minimum Gasteiger partial charge on any atom is -0.469 e. The minimum absolute atomic E-state index is 0.568. The highest BCUT2D eigenvalue weighted by atomic mass is 32.2. The molecule has 1 heterocycles. The zero-order chi connectivity index (χ0) is 11.4. The first kappa shape index (κ1) is 12.1. The van der Waals surface area contributed by atoms with Gasteiger partial charge >= 0.3 is 0 Å². The molecule has 1 aromatic heterocycles. The Morgan fingerprint density at radius 2 is 2.38 bits per heavy atom. The second kappa shape index (κ2) is 5.28. The number of nitrogens with one attached hydrogen (secondary N) is 1. The lowest BCUT2D eigenvalue weighted by molar-refractivity contribution is 0.459. The maximum absolute atomic E-state index is 5.33. The topological polar surface area (TPSA) is 25.2 Å². The molecule has 0 radical (unpaired) electrons. The Balaban J connectivity index is 1.63. The van der Waals surface area contributed by atoms with Gasteiger partial charge in [-0.25, -0.2) is 0 Å². The third-order valence-corrected chi connectivity index (χ3v) is 4.84. The normalized spacial score (nSPS) is 19.6. The van der Waals surface area contributed by atoms with Crippen LogP contribution in [0.15, 0.2) is 22.8 Å². The van der Waals surface area contributed by atoms with E-state index in [1.54, 1.807) is 6.26 Å². The molecule has 0 aliphatic heterocycles. The molecule has 0 bridgehead atoms. The van der Waals surface area contributed by atoms with E-state index in [-0.39, 0.29) is 0 Å². The van der Waals surface area contributed by atoms with Crippen molar-refractivity contribution in [2.24, 2.45) is 0 Å². The third kappa shape index (κ3) is 3.29. The SMILES string of the molecule is CSC1(CNC(C)CCc2ccco2)CC1. The first-order chi connectivity index (χ1) is 7.74. The van der Waals surface area contributed by atoms with Crippen LogP contribution in [0.2, 0.25) is 0 Å². The molecule has 16 heavy (non-hydrogen) atoms. The van der Waals surface area contributed by atoms with Gasteiger partial charge in [-0.3, -0.25) is 0 Å². The summed E-state index contributed by atoms with van der Waals surface area (Å²) in [6, 6.07) is 4.59. The number of aryl methyl sites for hydroxylation is 1. The smallest absolute Gasteiger partial charge is 0.103 e. The summed E-state index contributed by atoms with van der Waals surface area (Å²) in [5.74, 6) is 1.10. The Kier molecular flexibility index (Phi) is 3.98. The van der Waals surface area contributed by atoms with Crippen LogP contribution in [0.1, 0.15) is 31.9 Å². The molecule has 1 aliphatic rings. The van der Waals surface area contributed by atoms with Gasteiger partial charge in [-0.15, -0.1) is 0 Å². The standard InChI is InChI=1S/C13H21NOS/c1-11(5-6-12-4-3-9-15-12)14-10-13(16-2)7-8-13/h3-4,9,11,14H,5-8,10H2,1-2H3. The average molecular weight is 239 g/mol. The van der Waals surface area contributed by atoms with Gasteiger partial charge in [-0.2, -0.15) is 11.8 Å². The highest BCUT2D eigenvalue weighted by molar-refractivity contribution is 8.00. The summed E-state index contributed by atoms with van der Waals surface area (Å²) in [4.78, 5) is 0. The second-order valence-corrected chi connectivity index (χ2v) is 6.06. The van der Waals surface area contributed by atoms with E-state index in [9.17, 15) is 0 Å². The molecule has 2 nitrogen and oxygen atoms in total. The average Bonchev–Trinajstić information content (AvgIpc) is 2.90. The van der Waals surface area contributed by atoms with Crippen LogP contribution in [0.4, 0.5) is 0 Å². The van der Waals surface area contributed by atoms with Gasteiger partial charge in [0.2, 0.25) is 0 Å². The first-order valence-corrected chi connectivity index (χ1v) is 7.27. The largest absolute Gasteiger partial charge is 0.469 e. The summed E-state index contributed by atoms with van der Waals surface area (Å²) in [5, 5.41) is 3.64. The monoisotopic (exact) mass is 239 g/mol. The highest BCUT2D eigenvalue weighted by Gasteiger charge is 2.41. The van der Waals surface area contributed by atoms with Crippen molar-refractivity contribution in [3.8, 4) is 0 Å². The summed E-state index contributed by atoms with van der Waals surface area (Å²) in [5.41, 5.74) is 0. The molecule has 0 amide bonds. The Hall–Kier alpha value is -0.410. The Morgan fingerprint density at radius 3 is 2.94 bits per heavy atom. The van der Waals surface area contributed by atoms with Gasteiger partial charge in [0.25, 0.3) is 0 Å². The first-order valence-electron chi connectivity index (χ1n) is 6.05. The van der Waals surface area contributed by atoms with Crippen molar-refractivity contribution in [2.75, 3.05) is 12.8 Å². The maximum atomic E-state index is 5.33. The van der Waals surface area contributed by atoms with Gasteiger partial charge in [0, 0.05) is 23.8 Å². The van der Waals surface area contributed by atoms with E-state index in [1.807, 2.05) is 17.8 Å². The molecule has 90 valence electrons. The van der Waals surface area contributed by atoms with Gasteiger partial charge in [0.1, 0.15) is 5.76 Å². The summed E-state index contributed by atoms with van der Waals surface area (Å²) in [6.45, 7) is 3.42. The number of furan rings is 1. The fraction of sp³-hybridized carbons (Fsp3) is 0.692. The third-order valence-electron chi connectivity index (χ3n) is 3.42. The summed E-state index contributed by atoms with van der Waals surface area (Å²) >= 11 is 2.02. The van der Waals surface area contributed by atoms with Crippen molar-refractivity contribution in [3.63, 3.8) is 0 Å². The van der Waals surface area contributed by atoms with Crippen LogP contribution in [0.5, 0.6) is 0 Å². The Morgan fingerprint density at radius 1 is 1.56 bits per heavy atom. The molecule has 1 unspecified atom stereocenters. The zero-order valence-corrected chi connectivity index (χ0v) is 11.0. The van der Waals surface area contributed by atoms with Crippen molar-refractivity contribution < 1.29 is 4.42 Å². The maximum Gasteiger partial charge on any atom is 0.103 e. The summed E-state index contributed by atoms with van der Waals surface area (Å²) < 4.78 is 5.90. The molecule has 1 aliphatic carbocycles. The number of hydrogen-bond donors (Lipinski definition) is 1. The van der Waals surface area contributed by atoms with Crippen LogP contribution >= 0.6 is 11.8 Å². The quantitative estimate of drug-likeness (QED) is 0.791. The van der Waals surface area contributed by atoms with E-state index in [4.69, 9.17) is 4.42 Å². The molecule has 1 saturated carbocycles. The zero-order valence-electron chi connectivity index (χ0n) is 10.2. The molecule has 0 spiro atoms. The molecule has 0 saturated heterocycles. The predicted molar refractivity (Wildman–Crippen MR) is 70.0 cm³/mol. The summed E-state index contributed by atoms with van der Waals surface area (Å²) in [7, 11) is 0. The van der Waals surface area contributed by atoms with Crippen molar-refractivity contribution in [1.82, 2.24) is 5.32 Å². The Labute approximate surface area is 102 Å². The predicted octanol–water partition coefficient (Wildman–Crippen LogP) is 3.09. The van der Waals surface area contributed by atoms with E-state index < -0.39 is 0 Å². The van der Waals surface area contributed by atoms with Crippen molar-refractivity contribution in [3.05, 3.63) is 24.2 Å². The van der Waals surface area contributed by atoms with E-state index in [0.29, 0.717) is 10.8 Å². The van der Waals surface area contributed by atoms with E-state index in [0.717, 1.165) is 25.1 Å².